The molecular formula is C21H19NO4S. The van der Waals surface area contributed by atoms with Crippen LogP contribution in [0.1, 0.15) is 18.9 Å². The number of rotatable bonds is 5. The van der Waals surface area contributed by atoms with Crippen LogP contribution >= 0.6 is 11.8 Å². The summed E-state index contributed by atoms with van der Waals surface area (Å²) in [4.78, 5) is 26.4. The highest BCUT2D eigenvalue weighted by molar-refractivity contribution is 8.03. The molecule has 0 saturated heterocycles. The number of hydrogen-bond donors (Lipinski definition) is 2. The van der Waals surface area contributed by atoms with Crippen molar-refractivity contribution in [2.75, 3.05) is 6.61 Å². The van der Waals surface area contributed by atoms with Gasteiger partial charge in [0.05, 0.1) is 17.9 Å². The van der Waals surface area contributed by atoms with Crippen molar-refractivity contribution < 1.29 is 19.4 Å². The lowest BCUT2D eigenvalue weighted by molar-refractivity contribution is -0.139. The van der Waals surface area contributed by atoms with Gasteiger partial charge in [-0.2, -0.15) is 0 Å². The van der Waals surface area contributed by atoms with Crippen molar-refractivity contribution in [2.45, 2.75) is 18.2 Å². The van der Waals surface area contributed by atoms with Crippen molar-refractivity contribution in [1.82, 2.24) is 5.32 Å². The maximum atomic E-state index is 12.4. The third-order valence-electron chi connectivity index (χ3n) is 3.92. The summed E-state index contributed by atoms with van der Waals surface area (Å²) >= 11 is 1.44. The molecule has 0 aliphatic carbocycles. The molecule has 0 saturated carbocycles. The van der Waals surface area contributed by atoms with Crippen LogP contribution in [0.25, 0.3) is 5.70 Å². The Morgan fingerprint density at radius 2 is 1.74 bits per heavy atom. The summed E-state index contributed by atoms with van der Waals surface area (Å²) in [6.07, 6.45) is 0.0905. The molecule has 0 fully saturated rings. The highest BCUT2D eigenvalue weighted by Crippen LogP contribution is 2.38. The Balaban J connectivity index is 2.08. The average molecular weight is 381 g/mol. The number of carbonyl (C=O) groups excluding carboxylic acids is 2. The first kappa shape index (κ1) is 18.8. The zero-order valence-corrected chi connectivity index (χ0v) is 15.6. The Kier molecular flexibility index (Phi) is 5.98. The molecule has 2 aromatic carbocycles. The van der Waals surface area contributed by atoms with E-state index < -0.39 is 17.6 Å². The molecule has 138 valence electrons. The highest BCUT2D eigenvalue weighted by atomic mass is 32.2. The molecule has 0 atom stereocenters. The van der Waals surface area contributed by atoms with Gasteiger partial charge in [-0.15, -0.1) is 0 Å². The second-order valence-electron chi connectivity index (χ2n) is 5.76. The van der Waals surface area contributed by atoms with Gasteiger partial charge in [0, 0.05) is 16.2 Å². The van der Waals surface area contributed by atoms with Crippen LogP contribution in [-0.2, 0) is 14.3 Å². The Morgan fingerprint density at radius 3 is 2.37 bits per heavy atom. The molecule has 3 rings (SSSR count). The molecule has 0 spiro atoms. The maximum Gasteiger partial charge on any atom is 0.338 e. The average Bonchev–Trinajstić information content (AvgIpc) is 2.81. The van der Waals surface area contributed by atoms with Gasteiger partial charge >= 0.3 is 5.97 Å². The van der Waals surface area contributed by atoms with E-state index in [9.17, 15) is 14.7 Å². The number of aliphatic hydroxyl groups is 1. The monoisotopic (exact) mass is 381 g/mol. The van der Waals surface area contributed by atoms with Crippen LogP contribution in [0.2, 0.25) is 0 Å². The van der Waals surface area contributed by atoms with Crippen molar-refractivity contribution in [2.24, 2.45) is 0 Å². The number of amides is 1. The molecule has 0 radical (unpaired) electrons. The molecule has 5 nitrogen and oxygen atoms in total. The van der Waals surface area contributed by atoms with Crippen LogP contribution in [-0.4, -0.2) is 23.6 Å². The lowest BCUT2D eigenvalue weighted by Gasteiger charge is -2.14. The summed E-state index contributed by atoms with van der Waals surface area (Å²) in [5.41, 5.74) is 1.32. The fraction of sp³-hybridized carbons (Fsp3) is 0.143. The normalized spacial score (nSPS) is 14.6. The van der Waals surface area contributed by atoms with E-state index in [2.05, 4.69) is 5.32 Å². The Bertz CT molecular complexity index is 904. The molecule has 1 heterocycles. The lowest BCUT2D eigenvalue weighted by atomic mass is 10.1. The quantitative estimate of drug-likeness (QED) is 0.765. The van der Waals surface area contributed by atoms with Crippen molar-refractivity contribution in [3.63, 3.8) is 0 Å². The molecule has 1 amide bonds. The number of benzene rings is 2. The van der Waals surface area contributed by atoms with Crippen molar-refractivity contribution in [1.29, 1.82) is 0 Å². The second kappa shape index (κ2) is 8.60. The third kappa shape index (κ3) is 4.41. The third-order valence-corrected chi connectivity index (χ3v) is 5.03. The second-order valence-corrected chi connectivity index (χ2v) is 6.93. The van der Waals surface area contributed by atoms with Gasteiger partial charge in [-0.3, -0.25) is 4.79 Å². The van der Waals surface area contributed by atoms with E-state index in [0.717, 1.165) is 15.4 Å². The molecule has 6 heteroatoms. The number of carbonyl (C=O) groups is 2. The minimum atomic E-state index is -0.722. The lowest BCUT2D eigenvalue weighted by Crippen LogP contribution is -2.24. The standard InChI is InChI=1S/C21H19NO4S/c1-2-26-21(25)16-13-17(27-15-11-7-4-8-12-15)18(22-20(24)19(16)23)14-9-5-3-6-10-14/h3-12,23H,2,13H2,1H3,(H,22,24). The first-order valence-electron chi connectivity index (χ1n) is 8.52. The van der Waals surface area contributed by atoms with Crippen LogP contribution in [0.4, 0.5) is 0 Å². The molecular weight excluding hydrogens is 362 g/mol. The van der Waals surface area contributed by atoms with E-state index in [1.807, 2.05) is 60.7 Å². The van der Waals surface area contributed by atoms with Gasteiger partial charge in [-0.1, -0.05) is 60.3 Å². The van der Waals surface area contributed by atoms with Crippen LogP contribution in [0.15, 0.2) is 81.8 Å². The predicted molar refractivity (Wildman–Crippen MR) is 105 cm³/mol. The van der Waals surface area contributed by atoms with Gasteiger partial charge in [0.1, 0.15) is 0 Å². The van der Waals surface area contributed by atoms with Crippen molar-refractivity contribution in [3.05, 3.63) is 82.5 Å². The van der Waals surface area contributed by atoms with Crippen molar-refractivity contribution >= 4 is 29.3 Å². The summed E-state index contributed by atoms with van der Waals surface area (Å²) in [5, 5.41) is 13.0. The maximum absolute atomic E-state index is 12.4. The summed E-state index contributed by atoms with van der Waals surface area (Å²) in [5.74, 6) is -2.02. The van der Waals surface area contributed by atoms with Crippen LogP contribution < -0.4 is 5.32 Å². The summed E-state index contributed by atoms with van der Waals surface area (Å²) in [7, 11) is 0. The zero-order chi connectivity index (χ0) is 19.2. The van der Waals surface area contributed by atoms with Gasteiger partial charge in [0.15, 0.2) is 5.76 Å². The number of thioether (sulfide) groups is 1. The predicted octanol–water partition coefficient (Wildman–Crippen LogP) is 4.04. The van der Waals surface area contributed by atoms with E-state index in [1.54, 1.807) is 6.92 Å². The first-order valence-corrected chi connectivity index (χ1v) is 9.33. The van der Waals surface area contributed by atoms with Gasteiger partial charge in [0.25, 0.3) is 5.91 Å². The number of esters is 1. The minimum absolute atomic E-state index is 0.0429. The first-order chi connectivity index (χ1) is 13.1. The van der Waals surface area contributed by atoms with E-state index in [-0.39, 0.29) is 18.6 Å². The van der Waals surface area contributed by atoms with E-state index in [0.29, 0.717) is 5.70 Å². The largest absolute Gasteiger partial charge is 0.503 e. The van der Waals surface area contributed by atoms with Crippen molar-refractivity contribution in [3.8, 4) is 0 Å². The topological polar surface area (TPSA) is 75.6 Å². The molecule has 0 unspecified atom stereocenters. The summed E-state index contributed by atoms with van der Waals surface area (Å²) in [6.45, 7) is 1.84. The molecule has 27 heavy (non-hydrogen) atoms. The van der Waals surface area contributed by atoms with Crippen LogP contribution in [0.3, 0.4) is 0 Å². The smallest absolute Gasteiger partial charge is 0.338 e. The van der Waals surface area contributed by atoms with Gasteiger partial charge < -0.3 is 15.2 Å². The molecule has 0 aromatic heterocycles. The molecule has 0 bridgehead atoms. The van der Waals surface area contributed by atoms with E-state index in [1.165, 1.54) is 11.8 Å². The number of aliphatic hydroxyl groups excluding tert-OH is 1. The van der Waals surface area contributed by atoms with Gasteiger partial charge in [-0.25, -0.2) is 4.79 Å². The zero-order valence-electron chi connectivity index (χ0n) is 14.8. The number of hydrogen-bond acceptors (Lipinski definition) is 5. The summed E-state index contributed by atoms with van der Waals surface area (Å²) in [6, 6.07) is 19.0. The Hall–Kier alpha value is -2.99. The SMILES string of the molecule is CCOC(=O)C1=C(O)C(=O)NC(c2ccccc2)=C(Sc2ccccc2)C1. The molecule has 2 aromatic rings. The van der Waals surface area contributed by atoms with E-state index >= 15 is 0 Å². The number of allylic oxidation sites excluding steroid dienone is 1. The van der Waals surface area contributed by atoms with Crippen LogP contribution in [0.5, 0.6) is 0 Å². The number of ether oxygens (including phenoxy) is 1. The fourth-order valence-electron chi connectivity index (χ4n) is 2.66. The van der Waals surface area contributed by atoms with Crippen LogP contribution in [0, 0.1) is 0 Å². The Morgan fingerprint density at radius 1 is 1.11 bits per heavy atom. The molecule has 2 N–H and O–H groups in total. The summed E-state index contributed by atoms with van der Waals surface area (Å²) < 4.78 is 5.03. The molecule has 1 aliphatic heterocycles. The highest BCUT2D eigenvalue weighted by Gasteiger charge is 2.29. The van der Waals surface area contributed by atoms with Gasteiger partial charge in [0.2, 0.25) is 0 Å². The van der Waals surface area contributed by atoms with Gasteiger partial charge in [-0.05, 0) is 24.6 Å². The fourth-order valence-corrected chi connectivity index (χ4v) is 3.72. The van der Waals surface area contributed by atoms with E-state index in [4.69, 9.17) is 4.74 Å². The number of nitrogens with one attached hydrogen (secondary N) is 1. The molecule has 1 aliphatic rings. The Labute approximate surface area is 161 Å². The minimum Gasteiger partial charge on any atom is -0.503 e.